The number of halogens is 3. The van der Waals surface area contributed by atoms with Crippen LogP contribution in [-0.2, 0) is 6.18 Å². The van der Waals surface area contributed by atoms with Gasteiger partial charge in [-0.2, -0.15) is 13.2 Å². The molecule has 112 valence electrons. The molecule has 2 aromatic carbocycles. The van der Waals surface area contributed by atoms with Gasteiger partial charge in [-0.15, -0.1) is 0 Å². The first kappa shape index (κ1) is 15.4. The summed E-state index contributed by atoms with van der Waals surface area (Å²) in [5.74, 6) is 0.724. The molecular weight excluding hydrogens is 277 g/mol. The van der Waals surface area contributed by atoms with E-state index in [2.05, 4.69) is 0 Å². The first-order valence-corrected chi connectivity index (χ1v) is 6.80. The van der Waals surface area contributed by atoms with E-state index in [0.717, 1.165) is 29.0 Å². The maximum atomic E-state index is 12.6. The van der Waals surface area contributed by atoms with Crippen molar-refractivity contribution in [2.75, 3.05) is 0 Å². The molecule has 2 rings (SSSR count). The van der Waals surface area contributed by atoms with Gasteiger partial charge in [-0.25, -0.2) is 0 Å². The molecule has 0 N–H and O–H groups in total. The zero-order chi connectivity index (χ0) is 15.5. The van der Waals surface area contributed by atoms with E-state index in [1.807, 2.05) is 38.1 Å². The third-order valence-corrected chi connectivity index (χ3v) is 3.25. The average molecular weight is 294 g/mol. The van der Waals surface area contributed by atoms with Crippen molar-refractivity contribution in [1.29, 1.82) is 0 Å². The Labute approximate surface area is 122 Å². The lowest BCUT2D eigenvalue weighted by atomic mass is 10.0. The van der Waals surface area contributed by atoms with Crippen LogP contribution in [0.15, 0.2) is 48.5 Å². The van der Waals surface area contributed by atoms with Crippen LogP contribution in [0.2, 0.25) is 0 Å². The molecule has 1 nitrogen and oxygen atoms in total. The maximum absolute atomic E-state index is 12.6. The Morgan fingerprint density at radius 3 is 2.24 bits per heavy atom. The van der Waals surface area contributed by atoms with Gasteiger partial charge in [-0.1, -0.05) is 31.2 Å². The van der Waals surface area contributed by atoms with Gasteiger partial charge in [0.25, 0.3) is 0 Å². The Hall–Kier alpha value is -1.97. The summed E-state index contributed by atoms with van der Waals surface area (Å²) in [6.45, 7) is 3.91. The van der Waals surface area contributed by atoms with Crippen LogP contribution in [0.4, 0.5) is 13.2 Å². The maximum Gasteiger partial charge on any atom is 0.416 e. The van der Waals surface area contributed by atoms with E-state index in [9.17, 15) is 13.2 Å². The van der Waals surface area contributed by atoms with Gasteiger partial charge in [0.15, 0.2) is 0 Å². The number of benzene rings is 2. The highest BCUT2D eigenvalue weighted by atomic mass is 19.4. The first-order valence-electron chi connectivity index (χ1n) is 6.80. The van der Waals surface area contributed by atoms with Gasteiger partial charge in [0.1, 0.15) is 11.9 Å². The van der Waals surface area contributed by atoms with E-state index in [-0.39, 0.29) is 6.10 Å². The van der Waals surface area contributed by atoms with Crippen molar-refractivity contribution in [3.63, 3.8) is 0 Å². The van der Waals surface area contributed by atoms with Crippen LogP contribution in [0.5, 0.6) is 5.75 Å². The van der Waals surface area contributed by atoms with E-state index in [0.29, 0.717) is 6.42 Å². The Balaban J connectivity index is 2.18. The number of aryl methyl sites for hydroxylation is 1. The number of rotatable bonds is 4. The van der Waals surface area contributed by atoms with Gasteiger partial charge in [-0.3, -0.25) is 0 Å². The molecule has 1 atom stereocenters. The summed E-state index contributed by atoms with van der Waals surface area (Å²) in [6.07, 6.45) is -3.88. The highest BCUT2D eigenvalue weighted by molar-refractivity contribution is 5.30. The van der Waals surface area contributed by atoms with Crippen molar-refractivity contribution in [3.8, 4) is 5.75 Å². The Kier molecular flexibility index (Phi) is 4.56. The summed E-state index contributed by atoms with van der Waals surface area (Å²) in [5, 5.41) is 0. The molecule has 0 aliphatic rings. The summed E-state index contributed by atoms with van der Waals surface area (Å²) in [6, 6.07) is 12.8. The predicted octanol–water partition coefficient (Wildman–Crippen LogP) is 5.54. The van der Waals surface area contributed by atoms with Crippen LogP contribution < -0.4 is 4.74 Å². The predicted molar refractivity (Wildman–Crippen MR) is 76.3 cm³/mol. The molecule has 0 spiro atoms. The molecule has 0 aliphatic heterocycles. The SMILES string of the molecule is CCC(Oc1cccc(C)c1)c1ccc(C(F)(F)F)cc1. The molecule has 2 aromatic rings. The molecule has 4 heteroatoms. The second-order valence-corrected chi connectivity index (χ2v) is 4.95. The van der Waals surface area contributed by atoms with E-state index < -0.39 is 11.7 Å². The number of alkyl halides is 3. The molecule has 0 aromatic heterocycles. The van der Waals surface area contributed by atoms with Gasteiger partial charge >= 0.3 is 6.18 Å². The summed E-state index contributed by atoms with van der Waals surface area (Å²) in [5.41, 5.74) is 1.18. The van der Waals surface area contributed by atoms with Gasteiger partial charge in [-0.05, 0) is 48.7 Å². The zero-order valence-electron chi connectivity index (χ0n) is 11.9. The summed E-state index contributed by atoms with van der Waals surface area (Å²) < 4.78 is 43.6. The first-order chi connectivity index (χ1) is 9.90. The molecule has 0 saturated heterocycles. The molecule has 0 saturated carbocycles. The van der Waals surface area contributed by atoms with E-state index in [1.165, 1.54) is 12.1 Å². The van der Waals surface area contributed by atoms with Crippen LogP contribution >= 0.6 is 0 Å². The van der Waals surface area contributed by atoms with Crippen LogP contribution in [0.1, 0.15) is 36.1 Å². The highest BCUT2D eigenvalue weighted by Gasteiger charge is 2.30. The zero-order valence-corrected chi connectivity index (χ0v) is 11.9. The lowest BCUT2D eigenvalue weighted by Crippen LogP contribution is -2.09. The van der Waals surface area contributed by atoms with Crippen molar-refractivity contribution in [2.45, 2.75) is 32.5 Å². The van der Waals surface area contributed by atoms with Crippen molar-refractivity contribution < 1.29 is 17.9 Å². The summed E-state index contributed by atoms with van der Waals surface area (Å²) >= 11 is 0. The smallest absolute Gasteiger partial charge is 0.416 e. The fourth-order valence-corrected chi connectivity index (χ4v) is 2.13. The van der Waals surface area contributed by atoms with Crippen LogP contribution in [0, 0.1) is 6.92 Å². The number of hydrogen-bond donors (Lipinski definition) is 0. The molecule has 0 bridgehead atoms. The normalized spacial score (nSPS) is 13.0. The lowest BCUT2D eigenvalue weighted by Gasteiger charge is -2.19. The van der Waals surface area contributed by atoms with E-state index in [4.69, 9.17) is 4.74 Å². The van der Waals surface area contributed by atoms with Crippen molar-refractivity contribution in [1.82, 2.24) is 0 Å². The van der Waals surface area contributed by atoms with Crippen molar-refractivity contribution in [3.05, 3.63) is 65.2 Å². The van der Waals surface area contributed by atoms with Crippen LogP contribution in [0.25, 0.3) is 0 Å². The Morgan fingerprint density at radius 1 is 1.05 bits per heavy atom. The van der Waals surface area contributed by atoms with Gasteiger partial charge < -0.3 is 4.74 Å². The second-order valence-electron chi connectivity index (χ2n) is 4.95. The molecule has 0 aliphatic carbocycles. The van der Waals surface area contributed by atoms with Crippen LogP contribution in [0.3, 0.4) is 0 Å². The fraction of sp³-hybridized carbons (Fsp3) is 0.294. The minimum atomic E-state index is -4.31. The quantitative estimate of drug-likeness (QED) is 0.719. The third-order valence-electron chi connectivity index (χ3n) is 3.25. The Bertz CT molecular complexity index is 588. The average Bonchev–Trinajstić information content (AvgIpc) is 2.44. The van der Waals surface area contributed by atoms with Gasteiger partial charge in [0, 0.05) is 0 Å². The Morgan fingerprint density at radius 2 is 1.71 bits per heavy atom. The van der Waals surface area contributed by atoms with Crippen molar-refractivity contribution in [2.24, 2.45) is 0 Å². The molecule has 0 fully saturated rings. The largest absolute Gasteiger partial charge is 0.486 e. The van der Waals surface area contributed by atoms with Crippen LogP contribution in [-0.4, -0.2) is 0 Å². The monoisotopic (exact) mass is 294 g/mol. The summed E-state index contributed by atoms with van der Waals surface area (Å²) in [4.78, 5) is 0. The second kappa shape index (κ2) is 6.20. The lowest BCUT2D eigenvalue weighted by molar-refractivity contribution is -0.137. The highest BCUT2D eigenvalue weighted by Crippen LogP contribution is 2.31. The number of ether oxygens (including phenoxy) is 1. The molecular formula is C17H17F3O. The fourth-order valence-electron chi connectivity index (χ4n) is 2.13. The topological polar surface area (TPSA) is 9.23 Å². The molecule has 1 unspecified atom stereocenters. The molecule has 21 heavy (non-hydrogen) atoms. The third kappa shape index (κ3) is 4.00. The summed E-state index contributed by atoms with van der Waals surface area (Å²) in [7, 11) is 0. The standard InChI is InChI=1S/C17H17F3O/c1-3-16(21-15-6-4-5-12(2)11-15)13-7-9-14(10-8-13)17(18,19)20/h4-11,16H,3H2,1-2H3. The minimum absolute atomic E-state index is 0.255. The van der Waals surface area contributed by atoms with E-state index >= 15 is 0 Å². The van der Waals surface area contributed by atoms with Crippen molar-refractivity contribution >= 4 is 0 Å². The number of hydrogen-bond acceptors (Lipinski definition) is 1. The molecule has 0 amide bonds. The van der Waals surface area contributed by atoms with Gasteiger partial charge in [0.05, 0.1) is 5.56 Å². The van der Waals surface area contributed by atoms with E-state index in [1.54, 1.807) is 0 Å². The minimum Gasteiger partial charge on any atom is -0.486 e. The molecule has 0 heterocycles. The van der Waals surface area contributed by atoms with Gasteiger partial charge in [0.2, 0.25) is 0 Å². The molecule has 0 radical (unpaired) electrons.